The van der Waals surface area contributed by atoms with Crippen molar-refractivity contribution < 1.29 is 23.1 Å². The minimum absolute atomic E-state index is 0.0211. The molecule has 3 aliphatic rings. The van der Waals surface area contributed by atoms with Gasteiger partial charge in [-0.15, -0.1) is 0 Å². The molecule has 0 radical (unpaired) electrons. The number of carbonyl (C=O) groups excluding carboxylic acids is 1. The predicted octanol–water partition coefficient (Wildman–Crippen LogP) is 3.21. The average Bonchev–Trinajstić information content (AvgIpc) is 3.33. The highest BCUT2D eigenvalue weighted by molar-refractivity contribution is 7.89. The maximum atomic E-state index is 13.8. The fraction of sp³-hybridized carbons (Fsp3) is 0.625. The normalized spacial score (nSPS) is 29.1. The molecule has 0 saturated heterocycles. The van der Waals surface area contributed by atoms with Crippen LogP contribution in [0.15, 0.2) is 59.3 Å². The van der Waals surface area contributed by atoms with Gasteiger partial charge in [0.1, 0.15) is 11.8 Å². The first kappa shape index (κ1) is 32.4. The standard InChI is InChI=1S/C32H48N4O5S/c1-4-5-11-18-42(39,40)36(2)30-14-9-10-17-33-27-21-28(26-20-24(41-3)15-16-25(26)27)34-22-31(37)29(35-32(30)38)19-23-12-7-6-8-13-23/h6-8,12-13,15-16,20,25-27,29-31,33,37H,4-5,9-11,14,17-19,21-22H2,1-3H3,(H,35,38)/t25?,26?,27?,29-,30-,31+/m0/s1. The fourth-order valence-corrected chi connectivity index (χ4v) is 7.70. The van der Waals surface area contributed by atoms with E-state index in [1.165, 1.54) is 11.4 Å². The number of sulfonamides is 1. The van der Waals surface area contributed by atoms with Crippen LogP contribution in [0.1, 0.15) is 57.4 Å². The highest BCUT2D eigenvalue weighted by atomic mass is 32.2. The van der Waals surface area contributed by atoms with E-state index in [0.29, 0.717) is 25.7 Å². The zero-order valence-electron chi connectivity index (χ0n) is 25.2. The van der Waals surface area contributed by atoms with E-state index in [1.807, 2.05) is 43.3 Å². The van der Waals surface area contributed by atoms with Gasteiger partial charge in [-0.3, -0.25) is 9.79 Å². The van der Waals surface area contributed by atoms with Gasteiger partial charge in [-0.25, -0.2) is 8.42 Å². The Balaban J connectivity index is 1.61. The fourth-order valence-electron chi connectivity index (χ4n) is 6.25. The quantitative estimate of drug-likeness (QED) is 0.375. The number of aliphatic hydroxyl groups excluding tert-OH is 1. The number of hydrogen-bond donors (Lipinski definition) is 3. The molecular formula is C32H48N4O5S. The van der Waals surface area contributed by atoms with E-state index in [2.05, 4.69) is 22.8 Å². The molecule has 1 aromatic carbocycles. The summed E-state index contributed by atoms with van der Waals surface area (Å²) in [6.07, 6.45) is 10.8. The van der Waals surface area contributed by atoms with Crippen molar-refractivity contribution in [3.05, 3.63) is 59.9 Å². The zero-order valence-corrected chi connectivity index (χ0v) is 26.1. The summed E-state index contributed by atoms with van der Waals surface area (Å²) in [6.45, 7) is 2.93. The van der Waals surface area contributed by atoms with Crippen LogP contribution >= 0.6 is 0 Å². The van der Waals surface area contributed by atoms with Gasteiger partial charge < -0.3 is 20.5 Å². The molecule has 0 spiro atoms. The van der Waals surface area contributed by atoms with E-state index in [9.17, 15) is 18.3 Å². The van der Waals surface area contributed by atoms with Crippen molar-refractivity contribution >= 4 is 21.6 Å². The number of nitrogens with one attached hydrogen (secondary N) is 2. The van der Waals surface area contributed by atoms with Crippen LogP contribution < -0.4 is 10.6 Å². The second-order valence-electron chi connectivity index (χ2n) is 11.8. The molecule has 1 aliphatic heterocycles. The number of unbranched alkanes of at least 4 members (excludes halogenated alkanes) is 2. The van der Waals surface area contributed by atoms with Gasteiger partial charge in [0.25, 0.3) is 0 Å². The molecule has 1 amide bonds. The Morgan fingerprint density at radius 3 is 2.69 bits per heavy atom. The van der Waals surface area contributed by atoms with E-state index in [-0.39, 0.29) is 36.1 Å². The summed E-state index contributed by atoms with van der Waals surface area (Å²) in [7, 11) is -0.435. The zero-order chi connectivity index (χ0) is 30.1. The number of fused-ring (bicyclic) bond motifs is 5. The molecular weight excluding hydrogens is 552 g/mol. The number of rotatable bonds is 9. The average molecular weight is 601 g/mol. The number of aliphatic hydroxyl groups is 1. The van der Waals surface area contributed by atoms with Crippen molar-refractivity contribution in [2.75, 3.05) is 33.0 Å². The summed E-state index contributed by atoms with van der Waals surface area (Å²) < 4.78 is 33.2. The van der Waals surface area contributed by atoms with Crippen LogP contribution in [0.5, 0.6) is 0 Å². The van der Waals surface area contributed by atoms with Crippen molar-refractivity contribution in [1.82, 2.24) is 14.9 Å². The lowest BCUT2D eigenvalue weighted by Crippen LogP contribution is -2.54. The van der Waals surface area contributed by atoms with E-state index in [0.717, 1.165) is 49.3 Å². The molecule has 10 heteroatoms. The molecule has 232 valence electrons. The molecule has 1 saturated carbocycles. The second kappa shape index (κ2) is 15.3. The minimum atomic E-state index is -3.62. The summed E-state index contributed by atoms with van der Waals surface area (Å²) in [5.41, 5.74) is 1.99. The number of allylic oxidation sites excluding steroid dienone is 2. The number of carbonyl (C=O) groups is 1. The van der Waals surface area contributed by atoms with E-state index in [1.54, 1.807) is 7.11 Å². The molecule has 2 aliphatic carbocycles. The number of likely N-dealkylation sites (N-methyl/N-ethyl adjacent to an activating group) is 1. The number of nitrogens with zero attached hydrogens (tertiary/aromatic N) is 2. The van der Waals surface area contributed by atoms with Crippen molar-refractivity contribution in [3.63, 3.8) is 0 Å². The molecule has 1 heterocycles. The van der Waals surface area contributed by atoms with Crippen LogP contribution in [0, 0.1) is 11.8 Å². The Morgan fingerprint density at radius 2 is 1.95 bits per heavy atom. The SMILES string of the molecule is CCCCCS(=O)(=O)N(C)[C@H]1CCCCNC2CC(=NC[C@@H](O)[C@H](Cc3ccccc3)NC1=O)C1C=C(OC)C=CC21. The van der Waals surface area contributed by atoms with Gasteiger partial charge in [0.15, 0.2) is 0 Å². The third-order valence-electron chi connectivity index (χ3n) is 8.82. The van der Waals surface area contributed by atoms with Crippen LogP contribution in [-0.4, -0.2) is 86.7 Å². The van der Waals surface area contributed by atoms with Gasteiger partial charge in [-0.05, 0) is 49.9 Å². The van der Waals surface area contributed by atoms with Crippen LogP contribution in [-0.2, 0) is 26.0 Å². The topological polar surface area (TPSA) is 120 Å². The Hall–Kier alpha value is -2.53. The second-order valence-corrected chi connectivity index (χ2v) is 13.9. The predicted molar refractivity (Wildman–Crippen MR) is 167 cm³/mol. The Kier molecular flexibility index (Phi) is 11.8. The first-order valence-electron chi connectivity index (χ1n) is 15.4. The summed E-state index contributed by atoms with van der Waals surface area (Å²) in [5, 5.41) is 18.2. The maximum absolute atomic E-state index is 13.8. The number of aliphatic imine (C=N–C) groups is 1. The number of amides is 1. The molecule has 2 bridgehead atoms. The van der Waals surface area contributed by atoms with Gasteiger partial charge in [0.2, 0.25) is 15.9 Å². The smallest absolute Gasteiger partial charge is 0.238 e. The van der Waals surface area contributed by atoms with Gasteiger partial charge >= 0.3 is 0 Å². The molecule has 1 aromatic rings. The van der Waals surface area contributed by atoms with E-state index in [4.69, 9.17) is 9.73 Å². The number of benzene rings is 1. The lowest BCUT2D eigenvalue weighted by molar-refractivity contribution is -0.126. The summed E-state index contributed by atoms with van der Waals surface area (Å²) in [4.78, 5) is 18.7. The first-order chi connectivity index (χ1) is 20.2. The van der Waals surface area contributed by atoms with Crippen LogP contribution in [0.25, 0.3) is 0 Å². The van der Waals surface area contributed by atoms with Crippen molar-refractivity contribution in [1.29, 1.82) is 0 Å². The van der Waals surface area contributed by atoms with Crippen molar-refractivity contribution in [2.45, 2.75) is 82.5 Å². The maximum Gasteiger partial charge on any atom is 0.238 e. The summed E-state index contributed by atoms with van der Waals surface area (Å²) >= 11 is 0. The van der Waals surface area contributed by atoms with Crippen LogP contribution in [0.4, 0.5) is 0 Å². The lowest BCUT2D eigenvalue weighted by Gasteiger charge is -2.30. The van der Waals surface area contributed by atoms with Crippen molar-refractivity contribution in [2.24, 2.45) is 16.8 Å². The van der Waals surface area contributed by atoms with Gasteiger partial charge in [-0.1, -0.05) is 62.6 Å². The monoisotopic (exact) mass is 600 g/mol. The van der Waals surface area contributed by atoms with Crippen LogP contribution in [0.2, 0.25) is 0 Å². The molecule has 6 atom stereocenters. The lowest BCUT2D eigenvalue weighted by atomic mass is 9.88. The number of hydrogen-bond acceptors (Lipinski definition) is 7. The minimum Gasteiger partial charge on any atom is -0.497 e. The Labute approximate surface area is 251 Å². The van der Waals surface area contributed by atoms with Crippen molar-refractivity contribution in [3.8, 4) is 0 Å². The Morgan fingerprint density at radius 1 is 1.17 bits per heavy atom. The summed E-state index contributed by atoms with van der Waals surface area (Å²) in [6, 6.07) is 8.44. The van der Waals surface area contributed by atoms with Gasteiger partial charge in [0, 0.05) is 37.1 Å². The number of ether oxygens (including phenoxy) is 1. The van der Waals surface area contributed by atoms with Gasteiger partial charge in [-0.2, -0.15) is 4.31 Å². The highest BCUT2D eigenvalue weighted by Crippen LogP contribution is 2.36. The van der Waals surface area contributed by atoms with Crippen LogP contribution in [0.3, 0.4) is 0 Å². The van der Waals surface area contributed by atoms with E-state index >= 15 is 0 Å². The summed E-state index contributed by atoms with van der Waals surface area (Å²) in [5.74, 6) is 0.806. The molecule has 4 rings (SSSR count). The highest BCUT2D eigenvalue weighted by Gasteiger charge is 2.40. The number of methoxy groups -OCH3 is 1. The molecule has 1 fully saturated rings. The molecule has 42 heavy (non-hydrogen) atoms. The molecule has 9 nitrogen and oxygen atoms in total. The third-order valence-corrected chi connectivity index (χ3v) is 10.8. The molecule has 3 N–H and O–H groups in total. The third kappa shape index (κ3) is 8.30. The largest absolute Gasteiger partial charge is 0.497 e. The molecule has 3 unspecified atom stereocenters. The van der Waals surface area contributed by atoms with Gasteiger partial charge in [0.05, 0.1) is 31.6 Å². The molecule has 0 aromatic heterocycles. The van der Waals surface area contributed by atoms with E-state index < -0.39 is 28.2 Å². The Bertz CT molecular complexity index is 1230. The first-order valence-corrected chi connectivity index (χ1v) is 17.0.